The lowest BCUT2D eigenvalue weighted by Crippen LogP contribution is -2.19. The number of rotatable bonds is 5. The normalized spacial score (nSPS) is 27.4. The van der Waals surface area contributed by atoms with Crippen LogP contribution in [0.2, 0.25) is 5.82 Å². The second kappa shape index (κ2) is 7.52. The molecule has 0 amide bonds. The molecule has 0 saturated heterocycles. The Hall–Kier alpha value is -0.235. The molecule has 102 valence electrons. The molecule has 1 aromatic rings. The summed E-state index contributed by atoms with van der Waals surface area (Å²) in [4.78, 5) is 0. The van der Waals surface area contributed by atoms with Crippen LogP contribution >= 0.6 is 15.9 Å². The molecule has 3 unspecified atom stereocenters. The maximum Gasteiger partial charge on any atom is 0.0707 e. The van der Waals surface area contributed by atoms with Gasteiger partial charge in [-0.2, -0.15) is 0 Å². The molecule has 2 rings (SSSR count). The molecule has 19 heavy (non-hydrogen) atoms. The lowest BCUT2D eigenvalue weighted by molar-refractivity contribution is 0.303. The number of halogens is 1. The van der Waals surface area contributed by atoms with Crippen LogP contribution in [0.3, 0.4) is 0 Å². The summed E-state index contributed by atoms with van der Waals surface area (Å²) in [5.41, 5.74) is 1.42. The highest BCUT2D eigenvalue weighted by Crippen LogP contribution is 2.44. The Morgan fingerprint density at radius 1 is 1.16 bits per heavy atom. The van der Waals surface area contributed by atoms with Gasteiger partial charge in [0.05, 0.1) is 7.85 Å². The van der Waals surface area contributed by atoms with Crippen LogP contribution in [0.4, 0.5) is 0 Å². The molecule has 0 heterocycles. The summed E-state index contributed by atoms with van der Waals surface area (Å²) >= 11 is 3.50. The first-order valence-corrected chi connectivity index (χ1v) is 8.51. The highest BCUT2D eigenvalue weighted by Gasteiger charge is 2.27. The second-order valence-electron chi connectivity index (χ2n) is 6.00. The van der Waals surface area contributed by atoms with Gasteiger partial charge in [-0.15, -0.1) is 0 Å². The number of benzene rings is 1. The van der Waals surface area contributed by atoms with Crippen LogP contribution in [0, 0.1) is 5.92 Å². The first-order valence-electron chi connectivity index (χ1n) is 7.71. The molecule has 0 spiro atoms. The molecular formula is C17H24BBr. The van der Waals surface area contributed by atoms with E-state index >= 15 is 0 Å². The van der Waals surface area contributed by atoms with E-state index in [2.05, 4.69) is 47.1 Å². The standard InChI is InChI=1S/C17H24BBr/c1-2-3-4-5-13-6-11-16(17(18)12-13)14-7-9-15(19)10-8-14/h7-10,13,16-17H,2-6,11-12H2,1H3. The van der Waals surface area contributed by atoms with E-state index in [0.717, 1.165) is 10.4 Å². The molecule has 1 aromatic carbocycles. The van der Waals surface area contributed by atoms with E-state index in [0.29, 0.717) is 11.7 Å². The fraction of sp³-hybridized carbons (Fsp3) is 0.647. The number of hydrogen-bond donors (Lipinski definition) is 0. The summed E-state index contributed by atoms with van der Waals surface area (Å²) in [6, 6.07) is 8.73. The Kier molecular flexibility index (Phi) is 6.00. The van der Waals surface area contributed by atoms with Crippen molar-refractivity contribution in [1.29, 1.82) is 0 Å². The fourth-order valence-corrected chi connectivity index (χ4v) is 3.63. The Morgan fingerprint density at radius 3 is 2.53 bits per heavy atom. The summed E-state index contributed by atoms with van der Waals surface area (Å²) in [7, 11) is 6.43. The zero-order chi connectivity index (χ0) is 13.7. The highest BCUT2D eigenvalue weighted by molar-refractivity contribution is 9.10. The van der Waals surface area contributed by atoms with Crippen LogP contribution in [-0.4, -0.2) is 7.85 Å². The summed E-state index contributed by atoms with van der Waals surface area (Å²) < 4.78 is 1.15. The van der Waals surface area contributed by atoms with Gasteiger partial charge in [0, 0.05) is 4.47 Å². The van der Waals surface area contributed by atoms with Crippen molar-refractivity contribution in [3.63, 3.8) is 0 Å². The van der Waals surface area contributed by atoms with Crippen LogP contribution in [0.15, 0.2) is 28.7 Å². The minimum absolute atomic E-state index is 0.349. The second-order valence-corrected chi connectivity index (χ2v) is 6.91. The average molecular weight is 319 g/mol. The Labute approximate surface area is 127 Å². The van der Waals surface area contributed by atoms with Crippen LogP contribution in [0.5, 0.6) is 0 Å². The average Bonchev–Trinajstić information content (AvgIpc) is 2.41. The SMILES string of the molecule is [B]C1CC(CCCCC)CCC1c1ccc(Br)cc1. The molecule has 1 fully saturated rings. The molecule has 3 atom stereocenters. The van der Waals surface area contributed by atoms with Crippen molar-refractivity contribution in [2.45, 2.75) is 63.6 Å². The van der Waals surface area contributed by atoms with E-state index in [9.17, 15) is 0 Å². The maximum absolute atomic E-state index is 6.43. The molecular weight excluding hydrogens is 295 g/mol. The third-order valence-electron chi connectivity index (χ3n) is 4.52. The van der Waals surface area contributed by atoms with E-state index in [-0.39, 0.29) is 0 Å². The van der Waals surface area contributed by atoms with Gasteiger partial charge < -0.3 is 0 Å². The molecule has 0 bridgehead atoms. The van der Waals surface area contributed by atoms with Crippen LogP contribution in [-0.2, 0) is 0 Å². The van der Waals surface area contributed by atoms with E-state index in [1.165, 1.54) is 50.5 Å². The Balaban J connectivity index is 1.88. The van der Waals surface area contributed by atoms with Crippen molar-refractivity contribution in [3.8, 4) is 0 Å². The smallest absolute Gasteiger partial charge is 0.0704 e. The van der Waals surface area contributed by atoms with Crippen molar-refractivity contribution in [2.75, 3.05) is 0 Å². The van der Waals surface area contributed by atoms with Gasteiger partial charge in [0.1, 0.15) is 0 Å². The number of unbranched alkanes of at least 4 members (excludes halogenated alkanes) is 2. The topological polar surface area (TPSA) is 0 Å². The van der Waals surface area contributed by atoms with Gasteiger partial charge in [-0.05, 0) is 42.4 Å². The molecule has 1 aliphatic carbocycles. The summed E-state index contributed by atoms with van der Waals surface area (Å²) in [5.74, 6) is 1.78. The van der Waals surface area contributed by atoms with Gasteiger partial charge in [-0.25, -0.2) is 0 Å². The zero-order valence-electron chi connectivity index (χ0n) is 11.9. The van der Waals surface area contributed by atoms with Crippen molar-refractivity contribution in [1.82, 2.24) is 0 Å². The van der Waals surface area contributed by atoms with Crippen molar-refractivity contribution in [3.05, 3.63) is 34.3 Å². The van der Waals surface area contributed by atoms with E-state index in [4.69, 9.17) is 7.85 Å². The third kappa shape index (κ3) is 4.38. The monoisotopic (exact) mass is 318 g/mol. The molecule has 1 saturated carbocycles. The van der Waals surface area contributed by atoms with Crippen LogP contribution < -0.4 is 0 Å². The lowest BCUT2D eigenvalue weighted by atomic mass is 9.62. The van der Waals surface area contributed by atoms with Crippen LogP contribution in [0.25, 0.3) is 0 Å². The minimum Gasteiger partial charge on any atom is -0.0704 e. The highest BCUT2D eigenvalue weighted by atomic mass is 79.9. The largest absolute Gasteiger partial charge is 0.0707 e. The molecule has 0 aromatic heterocycles. The fourth-order valence-electron chi connectivity index (χ4n) is 3.37. The van der Waals surface area contributed by atoms with E-state index < -0.39 is 0 Å². The zero-order valence-corrected chi connectivity index (χ0v) is 13.5. The Bertz CT molecular complexity index is 373. The van der Waals surface area contributed by atoms with Crippen LogP contribution in [0.1, 0.15) is 63.4 Å². The first kappa shape index (κ1) is 15.2. The summed E-state index contributed by atoms with van der Waals surface area (Å²) in [6.45, 7) is 2.27. The summed E-state index contributed by atoms with van der Waals surface area (Å²) in [6.07, 6.45) is 9.30. The van der Waals surface area contributed by atoms with Crippen molar-refractivity contribution in [2.24, 2.45) is 5.92 Å². The minimum atomic E-state index is 0.349. The number of hydrogen-bond acceptors (Lipinski definition) is 0. The van der Waals surface area contributed by atoms with Gasteiger partial charge in [0.15, 0.2) is 0 Å². The quantitative estimate of drug-likeness (QED) is 0.470. The molecule has 1 aliphatic rings. The summed E-state index contributed by atoms with van der Waals surface area (Å²) in [5, 5.41) is 0. The lowest BCUT2D eigenvalue weighted by Gasteiger charge is -2.35. The van der Waals surface area contributed by atoms with Gasteiger partial charge >= 0.3 is 0 Å². The third-order valence-corrected chi connectivity index (χ3v) is 5.05. The molecule has 2 heteroatoms. The molecule has 0 aliphatic heterocycles. The van der Waals surface area contributed by atoms with Crippen molar-refractivity contribution >= 4 is 23.8 Å². The maximum atomic E-state index is 6.43. The van der Waals surface area contributed by atoms with E-state index in [1.54, 1.807) is 0 Å². The Morgan fingerprint density at radius 2 is 1.89 bits per heavy atom. The van der Waals surface area contributed by atoms with Gasteiger partial charge in [0.2, 0.25) is 0 Å². The molecule has 0 nitrogen and oxygen atoms in total. The molecule has 0 N–H and O–H groups in total. The van der Waals surface area contributed by atoms with Gasteiger partial charge in [-0.3, -0.25) is 0 Å². The van der Waals surface area contributed by atoms with Gasteiger partial charge in [0.25, 0.3) is 0 Å². The van der Waals surface area contributed by atoms with Crippen molar-refractivity contribution < 1.29 is 0 Å². The van der Waals surface area contributed by atoms with Gasteiger partial charge in [-0.1, -0.05) is 72.9 Å². The molecule has 2 radical (unpaired) electrons. The first-order chi connectivity index (χ1) is 9.20. The van der Waals surface area contributed by atoms with E-state index in [1.807, 2.05) is 0 Å². The predicted molar refractivity (Wildman–Crippen MR) is 87.9 cm³/mol. The predicted octanol–water partition coefficient (Wildman–Crippen LogP) is 5.87.